The zero-order chi connectivity index (χ0) is 36.3. The van der Waals surface area contributed by atoms with Crippen molar-refractivity contribution >= 4 is 31.5 Å². The van der Waals surface area contributed by atoms with Gasteiger partial charge in [0.1, 0.15) is 0 Å². The molecule has 2 aliphatic carbocycles. The number of hydrogen-bond acceptors (Lipinski definition) is 3. The number of fused-ring (bicyclic) bond motifs is 8. The highest BCUT2D eigenvalue weighted by Gasteiger charge is 2.43. The van der Waals surface area contributed by atoms with E-state index in [9.17, 15) is 0 Å². The molecule has 0 amide bonds. The van der Waals surface area contributed by atoms with E-state index in [1.165, 1.54) is 91.2 Å². The number of aromatic nitrogens is 2. The van der Waals surface area contributed by atoms with Gasteiger partial charge >= 0.3 is 0 Å². The lowest BCUT2D eigenvalue weighted by atomic mass is 9.68. The second-order valence-corrected chi connectivity index (χ2v) is 16.3. The van der Waals surface area contributed by atoms with Crippen molar-refractivity contribution in [2.24, 2.45) is 0 Å². The Morgan fingerprint density at radius 1 is 0.400 bits per heavy atom. The van der Waals surface area contributed by atoms with Gasteiger partial charge in [-0.2, -0.15) is 0 Å². The minimum atomic E-state index is 0.176. The fourth-order valence-electron chi connectivity index (χ4n) is 9.43. The van der Waals surface area contributed by atoms with Crippen LogP contribution in [0.15, 0.2) is 170 Å². The zero-order valence-corrected chi connectivity index (χ0v) is 31.3. The Morgan fingerprint density at radius 3 is 1.82 bits per heavy atom. The molecule has 262 valence electrons. The normalized spacial score (nSPS) is 14.3. The Bertz CT molecular complexity index is 2880. The lowest BCUT2D eigenvalue weighted by molar-refractivity contribution is 0.353. The largest absolute Gasteiger partial charge is 0.228 e. The van der Waals surface area contributed by atoms with Crippen LogP contribution in [0.4, 0.5) is 0 Å². The summed E-state index contributed by atoms with van der Waals surface area (Å²) in [4.78, 5) is 10.3. The van der Waals surface area contributed by atoms with Crippen molar-refractivity contribution < 1.29 is 0 Å². The molecule has 0 radical (unpaired) electrons. The topological polar surface area (TPSA) is 25.8 Å². The lowest BCUT2D eigenvalue weighted by Crippen LogP contribution is -2.27. The average Bonchev–Trinajstić information content (AvgIpc) is 3.77. The first-order valence-corrected chi connectivity index (χ1v) is 20.3. The van der Waals surface area contributed by atoms with Gasteiger partial charge in [-0.1, -0.05) is 165 Å². The number of thiophene rings is 1. The molecule has 7 aromatic carbocycles. The van der Waals surface area contributed by atoms with Crippen molar-refractivity contribution in [2.75, 3.05) is 0 Å². The van der Waals surface area contributed by atoms with Gasteiger partial charge in [-0.25, -0.2) is 9.97 Å². The third kappa shape index (κ3) is 5.37. The van der Waals surface area contributed by atoms with Crippen LogP contribution in [0.3, 0.4) is 0 Å². The molecule has 2 aromatic heterocycles. The third-order valence-corrected chi connectivity index (χ3v) is 13.3. The van der Waals surface area contributed by atoms with E-state index in [1.807, 2.05) is 17.4 Å². The predicted molar refractivity (Wildman–Crippen MR) is 231 cm³/mol. The molecule has 1 spiro atoms. The second-order valence-electron chi connectivity index (χ2n) is 15.2. The quantitative estimate of drug-likeness (QED) is 0.177. The Balaban J connectivity index is 1.01. The van der Waals surface area contributed by atoms with E-state index >= 15 is 0 Å². The van der Waals surface area contributed by atoms with Gasteiger partial charge < -0.3 is 0 Å². The van der Waals surface area contributed by atoms with Gasteiger partial charge in [0.25, 0.3) is 0 Å². The standard InChI is InChI=1S/C52H38N2S/c1-4-13-34(14-5-1)35-21-23-37(24-22-35)51-53-47(36-15-6-2-7-16-36)33-48(54-51)39-26-28-49-44(32-39)42-19-12-18-40(50(42)55-49)38-25-27-46-43(31-38)41-17-8-9-20-45(41)52(46)29-10-3-11-30-52/h1-2,4-9,12-28,31-33H,3,10-11,29-30H2. The minimum absolute atomic E-state index is 0.176. The molecule has 0 N–H and O–H groups in total. The molecule has 0 saturated heterocycles. The highest BCUT2D eigenvalue weighted by molar-refractivity contribution is 7.26. The summed E-state index contributed by atoms with van der Waals surface area (Å²) >= 11 is 1.89. The monoisotopic (exact) mass is 722 g/mol. The highest BCUT2D eigenvalue weighted by atomic mass is 32.1. The zero-order valence-electron chi connectivity index (χ0n) is 30.5. The van der Waals surface area contributed by atoms with Crippen molar-refractivity contribution in [1.82, 2.24) is 9.97 Å². The first kappa shape index (κ1) is 32.3. The minimum Gasteiger partial charge on any atom is -0.228 e. The van der Waals surface area contributed by atoms with Gasteiger partial charge in [-0.15, -0.1) is 11.3 Å². The molecule has 0 bridgehead atoms. The molecule has 9 aromatic rings. The Labute approximate surface area is 325 Å². The molecule has 0 unspecified atom stereocenters. The van der Waals surface area contributed by atoms with Crippen molar-refractivity contribution in [2.45, 2.75) is 37.5 Å². The summed E-state index contributed by atoms with van der Waals surface area (Å²) in [6.45, 7) is 0. The van der Waals surface area contributed by atoms with Crippen LogP contribution in [0.1, 0.15) is 43.2 Å². The second kappa shape index (κ2) is 13.0. The summed E-state index contributed by atoms with van der Waals surface area (Å²) in [5.41, 5.74) is 16.1. The van der Waals surface area contributed by atoms with Gasteiger partial charge in [0.05, 0.1) is 11.4 Å². The third-order valence-electron chi connectivity index (χ3n) is 12.1. The predicted octanol–water partition coefficient (Wildman–Crippen LogP) is 14.4. The highest BCUT2D eigenvalue weighted by Crippen LogP contribution is 2.56. The Hall–Kier alpha value is -6.16. The molecule has 55 heavy (non-hydrogen) atoms. The first-order chi connectivity index (χ1) is 27.2. The molecule has 1 fully saturated rings. The molecule has 2 heterocycles. The molecule has 2 aliphatic rings. The summed E-state index contributed by atoms with van der Waals surface area (Å²) in [6.07, 6.45) is 6.48. The maximum Gasteiger partial charge on any atom is 0.160 e. The molecule has 11 rings (SSSR count). The first-order valence-electron chi connectivity index (χ1n) is 19.5. The molecule has 0 atom stereocenters. The van der Waals surface area contributed by atoms with Gasteiger partial charge in [-0.05, 0) is 81.6 Å². The SMILES string of the molecule is c1ccc(-c2ccc(-c3nc(-c4ccccc4)cc(-c4ccc5sc6c(-c7ccc8c(c7)-c7ccccc7C87CCCCC7)cccc6c5c4)n3)cc2)cc1. The fourth-order valence-corrected chi connectivity index (χ4v) is 10.7. The van der Waals surface area contributed by atoms with Crippen LogP contribution < -0.4 is 0 Å². The van der Waals surface area contributed by atoms with E-state index in [0.29, 0.717) is 0 Å². The molecule has 2 nitrogen and oxygen atoms in total. The van der Waals surface area contributed by atoms with Crippen molar-refractivity contribution in [3.63, 3.8) is 0 Å². The van der Waals surface area contributed by atoms with Crippen molar-refractivity contribution in [1.29, 1.82) is 0 Å². The van der Waals surface area contributed by atoms with Crippen LogP contribution in [0.2, 0.25) is 0 Å². The average molecular weight is 723 g/mol. The van der Waals surface area contributed by atoms with Gasteiger partial charge in [-0.3, -0.25) is 0 Å². The number of hydrogen-bond donors (Lipinski definition) is 0. The summed E-state index contributed by atoms with van der Waals surface area (Å²) in [7, 11) is 0. The van der Waals surface area contributed by atoms with E-state index in [4.69, 9.17) is 9.97 Å². The molecular weight excluding hydrogens is 685 g/mol. The Kier molecular flexibility index (Phi) is 7.63. The molecular formula is C52H38N2S. The van der Waals surface area contributed by atoms with Crippen LogP contribution >= 0.6 is 11.3 Å². The molecule has 3 heteroatoms. The maximum absolute atomic E-state index is 5.22. The number of benzene rings is 7. The van der Waals surface area contributed by atoms with E-state index in [1.54, 1.807) is 5.56 Å². The molecule has 0 aliphatic heterocycles. The van der Waals surface area contributed by atoms with Crippen LogP contribution in [-0.4, -0.2) is 9.97 Å². The van der Waals surface area contributed by atoms with Crippen LogP contribution in [-0.2, 0) is 5.41 Å². The lowest BCUT2D eigenvalue weighted by Gasteiger charge is -2.36. The Morgan fingerprint density at radius 2 is 1.02 bits per heavy atom. The van der Waals surface area contributed by atoms with Gasteiger partial charge in [0, 0.05) is 42.3 Å². The van der Waals surface area contributed by atoms with Crippen LogP contribution in [0, 0.1) is 0 Å². The summed E-state index contributed by atoms with van der Waals surface area (Å²) < 4.78 is 2.62. The van der Waals surface area contributed by atoms with E-state index in [2.05, 4.69) is 164 Å². The molecule has 1 saturated carbocycles. The summed E-state index contributed by atoms with van der Waals surface area (Å²) in [6, 6.07) is 61.9. The van der Waals surface area contributed by atoms with E-state index in [0.717, 1.165) is 33.9 Å². The van der Waals surface area contributed by atoms with Gasteiger partial charge in [0.15, 0.2) is 5.82 Å². The number of rotatable bonds is 5. The maximum atomic E-state index is 5.22. The summed E-state index contributed by atoms with van der Waals surface area (Å²) in [5.74, 6) is 0.724. The van der Waals surface area contributed by atoms with Crippen LogP contribution in [0.25, 0.3) is 87.5 Å². The number of nitrogens with zero attached hydrogens (tertiary/aromatic N) is 2. The van der Waals surface area contributed by atoms with Crippen molar-refractivity contribution in [3.8, 4) is 67.3 Å². The summed E-state index contributed by atoms with van der Waals surface area (Å²) in [5, 5.41) is 2.55. The van der Waals surface area contributed by atoms with Crippen molar-refractivity contribution in [3.05, 3.63) is 181 Å². The smallest absolute Gasteiger partial charge is 0.160 e. The van der Waals surface area contributed by atoms with E-state index < -0.39 is 0 Å². The van der Waals surface area contributed by atoms with E-state index in [-0.39, 0.29) is 5.41 Å². The van der Waals surface area contributed by atoms with Crippen LogP contribution in [0.5, 0.6) is 0 Å². The van der Waals surface area contributed by atoms with Gasteiger partial charge in [0.2, 0.25) is 0 Å². The fraction of sp³-hybridized carbons (Fsp3) is 0.115.